The number of aryl methyl sites for hydroxylation is 1. The van der Waals surface area contributed by atoms with Crippen molar-refractivity contribution in [3.8, 4) is 11.5 Å². The minimum absolute atomic E-state index is 0.149. The first-order valence-electron chi connectivity index (χ1n) is 10.1. The predicted molar refractivity (Wildman–Crippen MR) is 124 cm³/mol. The van der Waals surface area contributed by atoms with Crippen LogP contribution in [0.2, 0.25) is 0 Å². The number of ether oxygens (including phenoxy) is 2. The summed E-state index contributed by atoms with van der Waals surface area (Å²) in [6.07, 6.45) is 0. The molecule has 0 aliphatic rings. The van der Waals surface area contributed by atoms with Gasteiger partial charge in [0.15, 0.2) is 0 Å². The summed E-state index contributed by atoms with van der Waals surface area (Å²) >= 11 is 1.73. The maximum Gasteiger partial charge on any atom is 0.255 e. The highest BCUT2D eigenvalue weighted by atomic mass is 32.2. The van der Waals surface area contributed by atoms with Crippen LogP contribution in [0.3, 0.4) is 0 Å². The summed E-state index contributed by atoms with van der Waals surface area (Å²) in [6, 6.07) is 21.4. The Morgan fingerprint density at radius 3 is 2.27 bits per heavy atom. The maximum atomic E-state index is 12.8. The summed E-state index contributed by atoms with van der Waals surface area (Å²) in [6.45, 7) is 7.18. The summed E-state index contributed by atoms with van der Waals surface area (Å²) in [4.78, 5) is 14.0. The van der Waals surface area contributed by atoms with E-state index < -0.39 is 0 Å². The van der Waals surface area contributed by atoms with Crippen LogP contribution in [0.1, 0.15) is 35.3 Å². The number of hydrogen-bond acceptors (Lipinski definition) is 4. The smallest absolute Gasteiger partial charge is 0.255 e. The molecule has 0 fully saturated rings. The van der Waals surface area contributed by atoms with E-state index in [1.807, 2.05) is 50.2 Å². The molecule has 5 heteroatoms. The van der Waals surface area contributed by atoms with Crippen molar-refractivity contribution in [3.05, 3.63) is 83.4 Å². The molecule has 0 heterocycles. The lowest BCUT2D eigenvalue weighted by molar-refractivity contribution is 0.102. The number of nitrogens with one attached hydrogen (secondary N) is 1. The van der Waals surface area contributed by atoms with Crippen LogP contribution in [0, 0.1) is 6.92 Å². The molecule has 0 radical (unpaired) electrons. The summed E-state index contributed by atoms with van der Waals surface area (Å²) in [5.74, 6) is 2.17. The first kappa shape index (κ1) is 21.8. The highest BCUT2D eigenvalue weighted by Gasteiger charge is 2.12. The molecule has 3 aromatic carbocycles. The van der Waals surface area contributed by atoms with Gasteiger partial charge in [-0.15, -0.1) is 11.8 Å². The lowest BCUT2D eigenvalue weighted by Crippen LogP contribution is -2.12. The van der Waals surface area contributed by atoms with Crippen molar-refractivity contribution in [1.82, 2.24) is 0 Å². The molecule has 156 valence electrons. The molecule has 0 unspecified atom stereocenters. The zero-order chi connectivity index (χ0) is 21.3. The predicted octanol–water partition coefficient (Wildman–Crippen LogP) is 6.34. The average molecular weight is 422 g/mol. The van der Waals surface area contributed by atoms with Crippen LogP contribution >= 0.6 is 11.8 Å². The van der Waals surface area contributed by atoms with Crippen molar-refractivity contribution in [2.75, 3.05) is 18.5 Å². The molecule has 4 nitrogen and oxygen atoms in total. The number of rotatable bonds is 9. The van der Waals surface area contributed by atoms with Crippen molar-refractivity contribution in [1.29, 1.82) is 0 Å². The highest BCUT2D eigenvalue weighted by molar-refractivity contribution is 7.98. The van der Waals surface area contributed by atoms with Crippen LogP contribution in [0.5, 0.6) is 11.5 Å². The number of anilines is 1. The van der Waals surface area contributed by atoms with Crippen LogP contribution in [-0.2, 0) is 5.75 Å². The van der Waals surface area contributed by atoms with Crippen LogP contribution in [0.15, 0.2) is 71.6 Å². The molecular weight excluding hydrogens is 394 g/mol. The Balaban J connectivity index is 1.73. The SMILES string of the molecule is CCOc1ccc(NC(=O)c2ccc(OCC)c(CSc3ccc(C)cc3)c2)cc1. The standard InChI is InChI=1S/C25H27NO3S/c1-4-28-22-11-9-21(10-12-22)26-25(27)19-8-15-24(29-5-2)20(16-19)17-30-23-13-6-18(3)7-14-23/h6-16H,4-5,17H2,1-3H3,(H,26,27). The zero-order valence-electron chi connectivity index (χ0n) is 17.6. The molecule has 0 saturated heterocycles. The third-order valence-corrected chi connectivity index (χ3v) is 5.52. The van der Waals surface area contributed by atoms with Gasteiger partial charge in [0.1, 0.15) is 11.5 Å². The van der Waals surface area contributed by atoms with E-state index >= 15 is 0 Å². The number of thioether (sulfide) groups is 1. The lowest BCUT2D eigenvalue weighted by Gasteiger charge is -2.13. The van der Waals surface area contributed by atoms with E-state index in [1.54, 1.807) is 17.8 Å². The average Bonchev–Trinajstić information content (AvgIpc) is 2.76. The molecule has 0 bridgehead atoms. The molecule has 1 amide bonds. The second-order valence-corrected chi connectivity index (χ2v) is 7.82. The molecule has 3 aromatic rings. The van der Waals surface area contributed by atoms with Gasteiger partial charge < -0.3 is 14.8 Å². The molecule has 0 aliphatic heterocycles. The second-order valence-electron chi connectivity index (χ2n) is 6.77. The maximum absolute atomic E-state index is 12.8. The Labute approximate surface area is 182 Å². The van der Waals surface area contributed by atoms with Gasteiger partial charge in [0, 0.05) is 27.5 Å². The zero-order valence-corrected chi connectivity index (χ0v) is 18.4. The van der Waals surface area contributed by atoms with Gasteiger partial charge in [-0.25, -0.2) is 0 Å². The van der Waals surface area contributed by atoms with Gasteiger partial charge in [0.25, 0.3) is 5.91 Å². The normalized spacial score (nSPS) is 10.5. The number of amides is 1. The molecule has 0 saturated carbocycles. The Bertz CT molecular complexity index is 969. The number of carbonyl (C=O) groups is 1. The number of benzene rings is 3. The molecule has 0 aliphatic carbocycles. The van der Waals surface area contributed by atoms with Gasteiger partial charge in [-0.2, -0.15) is 0 Å². The summed E-state index contributed by atoms with van der Waals surface area (Å²) in [5.41, 5.74) is 3.57. The largest absolute Gasteiger partial charge is 0.494 e. The monoisotopic (exact) mass is 421 g/mol. The number of carbonyl (C=O) groups excluding carboxylic acids is 1. The summed E-state index contributed by atoms with van der Waals surface area (Å²) < 4.78 is 11.2. The molecule has 1 N–H and O–H groups in total. The van der Waals surface area contributed by atoms with Crippen molar-refractivity contribution >= 4 is 23.4 Å². The van der Waals surface area contributed by atoms with Crippen molar-refractivity contribution in [2.45, 2.75) is 31.4 Å². The Hall–Kier alpha value is -2.92. The van der Waals surface area contributed by atoms with Crippen molar-refractivity contribution in [2.24, 2.45) is 0 Å². The van der Waals surface area contributed by atoms with E-state index in [0.29, 0.717) is 18.8 Å². The van der Waals surface area contributed by atoms with E-state index in [-0.39, 0.29) is 5.91 Å². The van der Waals surface area contributed by atoms with Gasteiger partial charge in [-0.3, -0.25) is 4.79 Å². The minimum Gasteiger partial charge on any atom is -0.494 e. The van der Waals surface area contributed by atoms with Crippen molar-refractivity contribution in [3.63, 3.8) is 0 Å². The molecule has 3 rings (SSSR count). The highest BCUT2D eigenvalue weighted by Crippen LogP contribution is 2.29. The van der Waals surface area contributed by atoms with Crippen LogP contribution in [0.25, 0.3) is 0 Å². The lowest BCUT2D eigenvalue weighted by atomic mass is 10.1. The third-order valence-electron chi connectivity index (χ3n) is 4.46. The topological polar surface area (TPSA) is 47.6 Å². The van der Waals surface area contributed by atoms with Crippen molar-refractivity contribution < 1.29 is 14.3 Å². The van der Waals surface area contributed by atoms with Gasteiger partial charge in [0.05, 0.1) is 13.2 Å². The Morgan fingerprint density at radius 1 is 0.900 bits per heavy atom. The quantitative estimate of drug-likeness (QED) is 0.410. The van der Waals surface area contributed by atoms with E-state index in [0.717, 1.165) is 28.5 Å². The fourth-order valence-corrected chi connectivity index (χ4v) is 3.81. The van der Waals surface area contributed by atoms with E-state index in [2.05, 4.69) is 36.5 Å². The van der Waals surface area contributed by atoms with Crippen LogP contribution in [0.4, 0.5) is 5.69 Å². The molecule has 0 aromatic heterocycles. The second kappa shape index (κ2) is 10.7. The minimum atomic E-state index is -0.149. The number of hydrogen-bond donors (Lipinski definition) is 1. The van der Waals surface area contributed by atoms with E-state index in [9.17, 15) is 4.79 Å². The van der Waals surface area contributed by atoms with Crippen LogP contribution in [-0.4, -0.2) is 19.1 Å². The molecular formula is C25H27NO3S. The fraction of sp³-hybridized carbons (Fsp3) is 0.240. The van der Waals surface area contributed by atoms with Gasteiger partial charge in [0.2, 0.25) is 0 Å². The summed E-state index contributed by atoms with van der Waals surface area (Å²) in [7, 11) is 0. The van der Waals surface area contributed by atoms with Gasteiger partial charge in [-0.05, 0) is 75.4 Å². The molecule has 0 atom stereocenters. The van der Waals surface area contributed by atoms with Gasteiger partial charge >= 0.3 is 0 Å². The van der Waals surface area contributed by atoms with Gasteiger partial charge in [-0.1, -0.05) is 17.7 Å². The fourth-order valence-electron chi connectivity index (χ4n) is 2.93. The first-order valence-corrected chi connectivity index (χ1v) is 11.1. The molecule has 0 spiro atoms. The van der Waals surface area contributed by atoms with E-state index in [4.69, 9.17) is 9.47 Å². The summed E-state index contributed by atoms with van der Waals surface area (Å²) in [5, 5.41) is 2.94. The Morgan fingerprint density at radius 2 is 1.60 bits per heavy atom. The Kier molecular flexibility index (Phi) is 7.80. The first-order chi connectivity index (χ1) is 14.6. The molecule has 30 heavy (non-hydrogen) atoms. The van der Waals surface area contributed by atoms with E-state index in [1.165, 1.54) is 10.5 Å². The van der Waals surface area contributed by atoms with Crippen LogP contribution < -0.4 is 14.8 Å². The third kappa shape index (κ3) is 6.04.